The van der Waals surface area contributed by atoms with E-state index in [2.05, 4.69) is 10.6 Å². The molecule has 0 radical (unpaired) electrons. The van der Waals surface area contributed by atoms with Crippen molar-refractivity contribution >= 4 is 17.9 Å². The lowest BCUT2D eigenvalue weighted by Crippen LogP contribution is -2.49. The number of methoxy groups -OCH3 is 1. The van der Waals surface area contributed by atoms with E-state index in [1.807, 2.05) is 0 Å². The van der Waals surface area contributed by atoms with Gasteiger partial charge in [0, 0.05) is 13.5 Å². The average Bonchev–Trinajstić information content (AvgIpc) is 2.23. The van der Waals surface area contributed by atoms with Gasteiger partial charge in [-0.3, -0.25) is 4.79 Å². The molecule has 0 aliphatic rings. The molecule has 0 saturated carbocycles. The molecule has 0 aromatic rings. The molecule has 1 unspecified atom stereocenters. The van der Waals surface area contributed by atoms with Crippen molar-refractivity contribution in [1.82, 2.24) is 10.6 Å². The summed E-state index contributed by atoms with van der Waals surface area (Å²) in [4.78, 5) is 32.8. The van der Waals surface area contributed by atoms with Crippen LogP contribution in [0.2, 0.25) is 0 Å². The molecule has 0 spiro atoms. The number of rotatable bonds is 8. The Morgan fingerprint density at radius 1 is 1.33 bits per heavy atom. The molecule has 5 N–H and O–H groups in total. The first-order valence-electron chi connectivity index (χ1n) is 5.44. The summed E-state index contributed by atoms with van der Waals surface area (Å²) in [6, 6.07) is -2.02. The monoisotopic (exact) mass is 261 g/mol. The number of hydrogen-bond acceptors (Lipinski definition) is 4. The Kier molecular flexibility index (Phi) is 7.45. The maximum absolute atomic E-state index is 11.4. The molecule has 104 valence electrons. The standard InChI is InChI=1S/C10H19N3O5/c1-6(5-18-2)12-10(17)13-7(9(15)16)3-4-8(11)14/h6-7H,3-5H2,1-2H3,(H2,11,14)(H,15,16)(H2,12,13,17)/t6?,7-/m0/s1. The third-order valence-electron chi connectivity index (χ3n) is 2.08. The summed E-state index contributed by atoms with van der Waals surface area (Å²) in [5.41, 5.74) is 4.92. The van der Waals surface area contributed by atoms with Crippen LogP contribution in [0.1, 0.15) is 19.8 Å². The van der Waals surface area contributed by atoms with Gasteiger partial charge in [0.25, 0.3) is 0 Å². The van der Waals surface area contributed by atoms with Gasteiger partial charge in [0.05, 0.1) is 12.6 Å². The fourth-order valence-electron chi connectivity index (χ4n) is 1.26. The SMILES string of the molecule is COCC(C)NC(=O)N[C@@H](CCC(N)=O)C(=O)O. The van der Waals surface area contributed by atoms with Gasteiger partial charge in [0.15, 0.2) is 0 Å². The third-order valence-corrected chi connectivity index (χ3v) is 2.08. The second kappa shape index (κ2) is 8.29. The van der Waals surface area contributed by atoms with E-state index in [0.717, 1.165) is 0 Å². The lowest BCUT2D eigenvalue weighted by atomic mass is 10.1. The van der Waals surface area contributed by atoms with Crippen molar-refractivity contribution in [3.05, 3.63) is 0 Å². The maximum atomic E-state index is 11.4. The first-order valence-corrected chi connectivity index (χ1v) is 5.44. The molecule has 0 heterocycles. The normalized spacial score (nSPS) is 13.4. The Morgan fingerprint density at radius 3 is 2.39 bits per heavy atom. The van der Waals surface area contributed by atoms with Crippen LogP contribution in [-0.4, -0.2) is 48.8 Å². The quantitative estimate of drug-likeness (QED) is 0.447. The van der Waals surface area contributed by atoms with Gasteiger partial charge in [-0.15, -0.1) is 0 Å². The van der Waals surface area contributed by atoms with E-state index in [4.69, 9.17) is 15.6 Å². The Bertz CT molecular complexity index is 308. The van der Waals surface area contributed by atoms with Gasteiger partial charge < -0.3 is 26.2 Å². The van der Waals surface area contributed by atoms with E-state index in [1.54, 1.807) is 6.92 Å². The number of hydrogen-bond donors (Lipinski definition) is 4. The van der Waals surface area contributed by atoms with Crippen molar-refractivity contribution in [1.29, 1.82) is 0 Å². The molecular formula is C10H19N3O5. The zero-order chi connectivity index (χ0) is 14.1. The van der Waals surface area contributed by atoms with Gasteiger partial charge in [-0.05, 0) is 13.3 Å². The van der Waals surface area contributed by atoms with Gasteiger partial charge in [0.1, 0.15) is 6.04 Å². The number of aliphatic carboxylic acids is 1. The number of primary amides is 1. The van der Waals surface area contributed by atoms with Crippen molar-refractivity contribution in [2.45, 2.75) is 31.8 Å². The van der Waals surface area contributed by atoms with Crippen molar-refractivity contribution in [3.8, 4) is 0 Å². The summed E-state index contributed by atoms with van der Waals surface area (Å²) in [5.74, 6) is -1.83. The van der Waals surface area contributed by atoms with Crippen LogP contribution < -0.4 is 16.4 Å². The van der Waals surface area contributed by atoms with Gasteiger partial charge in [-0.1, -0.05) is 0 Å². The first kappa shape index (κ1) is 16.2. The van der Waals surface area contributed by atoms with Gasteiger partial charge in [-0.2, -0.15) is 0 Å². The van der Waals surface area contributed by atoms with E-state index in [9.17, 15) is 14.4 Å². The smallest absolute Gasteiger partial charge is 0.326 e. The molecule has 0 aliphatic carbocycles. The topological polar surface area (TPSA) is 131 Å². The number of nitrogens with two attached hydrogens (primary N) is 1. The van der Waals surface area contributed by atoms with Gasteiger partial charge in [-0.25, -0.2) is 9.59 Å². The summed E-state index contributed by atoms with van der Waals surface area (Å²) < 4.78 is 4.82. The van der Waals surface area contributed by atoms with E-state index < -0.39 is 23.9 Å². The Labute approximate surface area is 105 Å². The number of carbonyl (C=O) groups excluding carboxylic acids is 2. The van der Waals surface area contributed by atoms with Crippen LogP contribution in [0.4, 0.5) is 4.79 Å². The Balaban J connectivity index is 4.19. The van der Waals surface area contributed by atoms with Crippen molar-refractivity contribution in [2.24, 2.45) is 5.73 Å². The zero-order valence-corrected chi connectivity index (χ0v) is 10.4. The van der Waals surface area contributed by atoms with E-state index in [-0.39, 0.29) is 18.9 Å². The lowest BCUT2D eigenvalue weighted by molar-refractivity contribution is -0.139. The zero-order valence-electron chi connectivity index (χ0n) is 10.4. The summed E-state index contributed by atoms with van der Waals surface area (Å²) in [6.07, 6.45) is -0.151. The maximum Gasteiger partial charge on any atom is 0.326 e. The minimum Gasteiger partial charge on any atom is -0.480 e. The minimum atomic E-state index is -1.22. The molecular weight excluding hydrogens is 242 g/mol. The van der Waals surface area contributed by atoms with Crippen LogP contribution in [-0.2, 0) is 14.3 Å². The number of nitrogens with one attached hydrogen (secondary N) is 2. The van der Waals surface area contributed by atoms with Crippen molar-refractivity contribution < 1.29 is 24.2 Å². The average molecular weight is 261 g/mol. The van der Waals surface area contributed by atoms with Gasteiger partial charge in [0.2, 0.25) is 5.91 Å². The fourth-order valence-corrected chi connectivity index (χ4v) is 1.26. The summed E-state index contributed by atoms with van der Waals surface area (Å²) in [7, 11) is 1.49. The highest BCUT2D eigenvalue weighted by Crippen LogP contribution is 1.97. The molecule has 0 bridgehead atoms. The van der Waals surface area contributed by atoms with Crippen molar-refractivity contribution in [3.63, 3.8) is 0 Å². The molecule has 0 aromatic carbocycles. The van der Waals surface area contributed by atoms with Crippen LogP contribution in [0.5, 0.6) is 0 Å². The molecule has 0 rings (SSSR count). The number of ether oxygens (including phenoxy) is 1. The van der Waals surface area contributed by atoms with Crippen LogP contribution in [0, 0.1) is 0 Å². The number of carboxylic acid groups (broad SMARTS) is 1. The second-order valence-corrected chi connectivity index (χ2v) is 3.87. The van der Waals surface area contributed by atoms with E-state index in [0.29, 0.717) is 6.61 Å². The third kappa shape index (κ3) is 7.44. The molecule has 0 saturated heterocycles. The molecule has 2 atom stereocenters. The predicted molar refractivity (Wildman–Crippen MR) is 62.9 cm³/mol. The van der Waals surface area contributed by atoms with Crippen LogP contribution in [0.3, 0.4) is 0 Å². The molecule has 3 amide bonds. The van der Waals surface area contributed by atoms with Crippen LogP contribution in [0.25, 0.3) is 0 Å². The number of amides is 3. The first-order chi connectivity index (χ1) is 8.36. The Hall–Kier alpha value is -1.83. The molecule has 8 heteroatoms. The van der Waals surface area contributed by atoms with E-state index in [1.165, 1.54) is 7.11 Å². The lowest BCUT2D eigenvalue weighted by Gasteiger charge is -2.17. The van der Waals surface area contributed by atoms with Gasteiger partial charge >= 0.3 is 12.0 Å². The highest BCUT2D eigenvalue weighted by molar-refractivity contribution is 5.83. The number of urea groups is 1. The molecule has 0 aliphatic heterocycles. The molecule has 0 fully saturated rings. The number of carboxylic acids is 1. The van der Waals surface area contributed by atoms with Crippen molar-refractivity contribution in [2.75, 3.05) is 13.7 Å². The molecule has 0 aromatic heterocycles. The molecule has 18 heavy (non-hydrogen) atoms. The minimum absolute atomic E-state index is 0.0449. The highest BCUT2D eigenvalue weighted by Gasteiger charge is 2.20. The summed E-state index contributed by atoms with van der Waals surface area (Å²) in [5, 5.41) is 13.6. The summed E-state index contributed by atoms with van der Waals surface area (Å²) >= 11 is 0. The highest BCUT2D eigenvalue weighted by atomic mass is 16.5. The predicted octanol–water partition coefficient (Wildman–Crippen LogP) is -0.961. The number of carbonyl (C=O) groups is 3. The summed E-state index contributed by atoms with van der Waals surface area (Å²) in [6.45, 7) is 2.02. The van der Waals surface area contributed by atoms with E-state index >= 15 is 0 Å². The Morgan fingerprint density at radius 2 is 1.94 bits per heavy atom. The van der Waals surface area contributed by atoms with Crippen LogP contribution in [0.15, 0.2) is 0 Å². The molecule has 8 nitrogen and oxygen atoms in total. The fraction of sp³-hybridized carbons (Fsp3) is 0.700. The second-order valence-electron chi connectivity index (χ2n) is 3.87. The van der Waals surface area contributed by atoms with Crippen LogP contribution >= 0.6 is 0 Å². The largest absolute Gasteiger partial charge is 0.480 e.